The van der Waals surface area contributed by atoms with Gasteiger partial charge in [0.05, 0.1) is 7.11 Å². The molecule has 0 aliphatic rings. The zero-order chi connectivity index (χ0) is 16.9. The fourth-order valence-electron chi connectivity index (χ4n) is 2.58. The van der Waals surface area contributed by atoms with E-state index in [-0.39, 0.29) is 11.5 Å². The van der Waals surface area contributed by atoms with Crippen molar-refractivity contribution in [1.29, 1.82) is 0 Å². The van der Waals surface area contributed by atoms with E-state index in [1.54, 1.807) is 18.2 Å². The van der Waals surface area contributed by atoms with Gasteiger partial charge < -0.3 is 4.74 Å². The van der Waals surface area contributed by atoms with Crippen LogP contribution in [0.1, 0.15) is 27.0 Å². The molecule has 0 heterocycles. The third-order valence-corrected chi connectivity index (χ3v) is 3.88. The second-order valence-electron chi connectivity index (χ2n) is 5.54. The van der Waals surface area contributed by atoms with Crippen LogP contribution in [0.5, 0.6) is 5.75 Å². The van der Waals surface area contributed by atoms with Gasteiger partial charge in [-0.3, -0.25) is 4.79 Å². The molecule has 0 aliphatic carbocycles. The summed E-state index contributed by atoms with van der Waals surface area (Å²) in [6.45, 7) is 0. The molecule has 0 N–H and O–H groups in total. The molecule has 3 heteroatoms. The number of carbonyl (C=O) groups is 1. The molecule has 0 atom stereocenters. The number of benzene rings is 3. The van der Waals surface area contributed by atoms with Gasteiger partial charge in [0.15, 0.2) is 17.3 Å². The van der Waals surface area contributed by atoms with Crippen molar-refractivity contribution in [2.75, 3.05) is 7.11 Å². The van der Waals surface area contributed by atoms with Crippen molar-refractivity contribution in [2.24, 2.45) is 0 Å². The van der Waals surface area contributed by atoms with E-state index < -0.39 is 5.82 Å². The minimum Gasteiger partial charge on any atom is -0.494 e. The van der Waals surface area contributed by atoms with Gasteiger partial charge in [-0.25, -0.2) is 4.39 Å². The van der Waals surface area contributed by atoms with Gasteiger partial charge in [0.2, 0.25) is 0 Å². The van der Waals surface area contributed by atoms with Gasteiger partial charge in [-0.1, -0.05) is 54.6 Å². The van der Waals surface area contributed by atoms with Gasteiger partial charge >= 0.3 is 0 Å². The third-order valence-electron chi connectivity index (χ3n) is 3.88. The Morgan fingerprint density at radius 2 is 1.50 bits per heavy atom. The molecule has 0 fully saturated rings. The predicted molar refractivity (Wildman–Crippen MR) is 92.1 cm³/mol. The highest BCUT2D eigenvalue weighted by Gasteiger charge is 2.12. The summed E-state index contributed by atoms with van der Waals surface area (Å²) in [5.41, 5.74) is 3.19. The first-order chi connectivity index (χ1) is 11.7. The van der Waals surface area contributed by atoms with Crippen LogP contribution in [0.4, 0.5) is 4.39 Å². The Labute approximate surface area is 140 Å². The van der Waals surface area contributed by atoms with Crippen molar-refractivity contribution >= 4 is 5.78 Å². The molecule has 0 aliphatic heterocycles. The van der Waals surface area contributed by atoms with Crippen LogP contribution in [0.15, 0.2) is 72.8 Å². The number of ketones is 1. The smallest absolute Gasteiger partial charge is 0.193 e. The molecular formula is C21H17FO2. The average Bonchev–Trinajstić information content (AvgIpc) is 2.62. The Morgan fingerprint density at radius 1 is 0.875 bits per heavy atom. The van der Waals surface area contributed by atoms with Gasteiger partial charge in [-0.15, -0.1) is 0 Å². The SMILES string of the molecule is COc1ccc(C(=O)c2ccc(Cc3ccccc3)cc2)cc1F. The molecule has 3 aromatic rings. The fraction of sp³-hybridized carbons (Fsp3) is 0.0952. The fourth-order valence-corrected chi connectivity index (χ4v) is 2.58. The van der Waals surface area contributed by atoms with Crippen molar-refractivity contribution < 1.29 is 13.9 Å². The van der Waals surface area contributed by atoms with Crippen LogP contribution < -0.4 is 4.74 Å². The lowest BCUT2D eigenvalue weighted by Gasteiger charge is -2.06. The van der Waals surface area contributed by atoms with Gasteiger partial charge in [0.1, 0.15) is 0 Å². The molecule has 2 nitrogen and oxygen atoms in total. The molecule has 0 bridgehead atoms. The second-order valence-corrected chi connectivity index (χ2v) is 5.54. The normalized spacial score (nSPS) is 10.4. The summed E-state index contributed by atoms with van der Waals surface area (Å²) in [5.74, 6) is -0.614. The van der Waals surface area contributed by atoms with Crippen molar-refractivity contribution in [1.82, 2.24) is 0 Å². The van der Waals surface area contributed by atoms with E-state index in [2.05, 4.69) is 12.1 Å². The maximum Gasteiger partial charge on any atom is 0.193 e. The van der Waals surface area contributed by atoms with Crippen LogP contribution in [-0.2, 0) is 6.42 Å². The maximum absolute atomic E-state index is 13.8. The van der Waals surface area contributed by atoms with Gasteiger partial charge in [-0.2, -0.15) is 0 Å². The number of hydrogen-bond acceptors (Lipinski definition) is 2. The van der Waals surface area contributed by atoms with Crippen LogP contribution in [0.3, 0.4) is 0 Å². The number of carbonyl (C=O) groups excluding carboxylic acids is 1. The molecule has 0 amide bonds. The Kier molecular flexibility index (Phi) is 4.71. The average molecular weight is 320 g/mol. The van der Waals surface area contributed by atoms with Crippen LogP contribution in [0.2, 0.25) is 0 Å². The molecule has 0 saturated carbocycles. The van der Waals surface area contributed by atoms with E-state index in [1.807, 2.05) is 30.3 Å². The van der Waals surface area contributed by atoms with Gasteiger partial charge in [0, 0.05) is 11.1 Å². The third kappa shape index (κ3) is 3.51. The van der Waals surface area contributed by atoms with E-state index in [0.717, 1.165) is 12.0 Å². The van der Waals surface area contributed by atoms with E-state index in [1.165, 1.54) is 24.8 Å². The lowest BCUT2D eigenvalue weighted by molar-refractivity contribution is 0.103. The number of methoxy groups -OCH3 is 1. The highest BCUT2D eigenvalue weighted by Crippen LogP contribution is 2.20. The standard InChI is InChI=1S/C21H17FO2/c1-24-20-12-11-18(14-19(20)22)21(23)17-9-7-16(8-10-17)13-15-5-3-2-4-6-15/h2-12,14H,13H2,1H3. The first-order valence-electron chi connectivity index (χ1n) is 7.68. The molecule has 0 unspecified atom stereocenters. The Balaban J connectivity index is 1.77. The van der Waals surface area contributed by atoms with Crippen LogP contribution >= 0.6 is 0 Å². The molecule has 3 rings (SSSR count). The molecule has 0 aromatic heterocycles. The first kappa shape index (κ1) is 15.9. The number of halogens is 1. The first-order valence-corrected chi connectivity index (χ1v) is 7.68. The lowest BCUT2D eigenvalue weighted by Crippen LogP contribution is -2.03. The van der Waals surface area contributed by atoms with Crippen molar-refractivity contribution in [2.45, 2.75) is 6.42 Å². The van der Waals surface area contributed by atoms with E-state index in [4.69, 9.17) is 4.74 Å². The van der Waals surface area contributed by atoms with E-state index in [0.29, 0.717) is 11.1 Å². The van der Waals surface area contributed by atoms with Gasteiger partial charge in [-0.05, 0) is 35.7 Å². The van der Waals surface area contributed by atoms with Crippen molar-refractivity contribution in [3.63, 3.8) is 0 Å². The summed E-state index contributed by atoms with van der Waals surface area (Å²) in [6, 6.07) is 21.8. The molecule has 24 heavy (non-hydrogen) atoms. The summed E-state index contributed by atoms with van der Waals surface area (Å²) in [4.78, 5) is 12.5. The topological polar surface area (TPSA) is 26.3 Å². The van der Waals surface area contributed by atoms with Crippen LogP contribution in [0, 0.1) is 5.82 Å². The Bertz CT molecular complexity index is 839. The minimum atomic E-state index is -0.538. The molecule has 0 saturated heterocycles. The Morgan fingerprint density at radius 3 is 2.12 bits per heavy atom. The highest BCUT2D eigenvalue weighted by atomic mass is 19.1. The lowest BCUT2D eigenvalue weighted by atomic mass is 9.99. The molecule has 120 valence electrons. The summed E-state index contributed by atoms with van der Waals surface area (Å²) in [6.07, 6.45) is 0.812. The molecule has 0 radical (unpaired) electrons. The highest BCUT2D eigenvalue weighted by molar-refractivity contribution is 6.09. The van der Waals surface area contributed by atoms with Gasteiger partial charge in [0.25, 0.3) is 0 Å². The number of hydrogen-bond donors (Lipinski definition) is 0. The zero-order valence-corrected chi connectivity index (χ0v) is 13.3. The van der Waals surface area contributed by atoms with Crippen LogP contribution in [0.25, 0.3) is 0 Å². The largest absolute Gasteiger partial charge is 0.494 e. The summed E-state index contributed by atoms with van der Waals surface area (Å²) >= 11 is 0. The zero-order valence-electron chi connectivity index (χ0n) is 13.3. The molecular weight excluding hydrogens is 303 g/mol. The predicted octanol–water partition coefficient (Wildman–Crippen LogP) is 4.66. The monoisotopic (exact) mass is 320 g/mol. The van der Waals surface area contributed by atoms with E-state index in [9.17, 15) is 9.18 Å². The van der Waals surface area contributed by atoms with Crippen molar-refractivity contribution in [3.05, 3.63) is 101 Å². The maximum atomic E-state index is 13.8. The molecule has 3 aromatic carbocycles. The summed E-state index contributed by atoms with van der Waals surface area (Å²) < 4.78 is 18.6. The summed E-state index contributed by atoms with van der Waals surface area (Å²) in [7, 11) is 1.39. The second kappa shape index (κ2) is 7.09. The minimum absolute atomic E-state index is 0.129. The number of ether oxygens (including phenoxy) is 1. The summed E-state index contributed by atoms with van der Waals surface area (Å²) in [5, 5.41) is 0. The quantitative estimate of drug-likeness (QED) is 0.639. The van der Waals surface area contributed by atoms with Crippen molar-refractivity contribution in [3.8, 4) is 5.75 Å². The van der Waals surface area contributed by atoms with E-state index >= 15 is 0 Å². The molecule has 0 spiro atoms. The Hall–Kier alpha value is -2.94. The number of rotatable bonds is 5. The van der Waals surface area contributed by atoms with Crippen LogP contribution in [-0.4, -0.2) is 12.9 Å².